The molecule has 4 nitrogen and oxygen atoms in total. The number of hydrogen-bond acceptors (Lipinski definition) is 3. The maximum atomic E-state index is 12.4. The van der Waals surface area contributed by atoms with Crippen LogP contribution >= 0.6 is 0 Å². The van der Waals surface area contributed by atoms with E-state index < -0.39 is 0 Å². The molecule has 118 valence electrons. The van der Waals surface area contributed by atoms with Crippen molar-refractivity contribution in [3.63, 3.8) is 0 Å². The summed E-state index contributed by atoms with van der Waals surface area (Å²) in [4.78, 5) is 22.6. The highest BCUT2D eigenvalue weighted by Gasteiger charge is 2.17. The van der Waals surface area contributed by atoms with Gasteiger partial charge >= 0.3 is 0 Å². The molecule has 3 rings (SSSR count). The van der Waals surface area contributed by atoms with E-state index in [9.17, 15) is 4.79 Å². The van der Waals surface area contributed by atoms with Gasteiger partial charge in [-0.2, -0.15) is 0 Å². The molecule has 1 atom stereocenters. The minimum absolute atomic E-state index is 0.229. The average molecular weight is 299 g/mol. The van der Waals surface area contributed by atoms with Crippen LogP contribution in [0.4, 0.5) is 0 Å². The van der Waals surface area contributed by atoms with Gasteiger partial charge in [-0.3, -0.25) is 4.79 Å². The van der Waals surface area contributed by atoms with Crippen LogP contribution < -0.4 is 0 Å². The van der Waals surface area contributed by atoms with E-state index in [0.717, 1.165) is 54.4 Å². The van der Waals surface area contributed by atoms with Crippen molar-refractivity contribution in [2.45, 2.75) is 39.5 Å². The standard InChI is InChI=1S/C18H25N3O/c1-3-18-19-15-7-6-14(11-16(15)20-18)17(22)8-10-21-9-4-5-13(2)12-21/h6-7,11,13H,3-5,8-10,12H2,1-2H3,(H,19,20). The molecule has 0 aliphatic carbocycles. The molecule has 1 fully saturated rings. The van der Waals surface area contributed by atoms with E-state index in [1.807, 2.05) is 18.2 Å². The van der Waals surface area contributed by atoms with Gasteiger partial charge in [-0.15, -0.1) is 0 Å². The van der Waals surface area contributed by atoms with Gasteiger partial charge in [0.25, 0.3) is 0 Å². The number of piperidine rings is 1. The Morgan fingerprint density at radius 1 is 1.45 bits per heavy atom. The molecule has 1 saturated heterocycles. The van der Waals surface area contributed by atoms with E-state index in [2.05, 4.69) is 28.7 Å². The lowest BCUT2D eigenvalue weighted by Crippen LogP contribution is -2.35. The first-order valence-corrected chi connectivity index (χ1v) is 8.40. The second-order valence-corrected chi connectivity index (χ2v) is 6.49. The topological polar surface area (TPSA) is 49.0 Å². The predicted octanol–water partition coefficient (Wildman–Crippen LogP) is 3.43. The van der Waals surface area contributed by atoms with Crippen LogP contribution in [0.1, 0.15) is 49.3 Å². The summed E-state index contributed by atoms with van der Waals surface area (Å²) in [6.45, 7) is 7.52. The number of imidazole rings is 1. The molecule has 1 aromatic heterocycles. The third kappa shape index (κ3) is 3.38. The van der Waals surface area contributed by atoms with Crippen LogP contribution in [0.2, 0.25) is 0 Å². The zero-order valence-electron chi connectivity index (χ0n) is 13.6. The number of likely N-dealkylation sites (tertiary alicyclic amines) is 1. The number of nitrogens with one attached hydrogen (secondary N) is 1. The fourth-order valence-corrected chi connectivity index (χ4v) is 3.30. The summed E-state index contributed by atoms with van der Waals surface area (Å²) < 4.78 is 0. The summed E-state index contributed by atoms with van der Waals surface area (Å²) >= 11 is 0. The zero-order chi connectivity index (χ0) is 15.5. The number of H-pyrrole nitrogens is 1. The second-order valence-electron chi connectivity index (χ2n) is 6.49. The number of aromatic nitrogens is 2. The summed E-state index contributed by atoms with van der Waals surface area (Å²) in [6, 6.07) is 5.80. The molecule has 1 unspecified atom stereocenters. The van der Waals surface area contributed by atoms with Crippen molar-refractivity contribution in [2.24, 2.45) is 5.92 Å². The molecule has 2 aromatic rings. The highest BCUT2D eigenvalue weighted by Crippen LogP contribution is 2.18. The van der Waals surface area contributed by atoms with Gasteiger partial charge in [-0.05, 0) is 43.5 Å². The summed E-state index contributed by atoms with van der Waals surface area (Å²) in [5.41, 5.74) is 2.71. The molecule has 4 heteroatoms. The van der Waals surface area contributed by atoms with Crippen LogP contribution in [0, 0.1) is 5.92 Å². The lowest BCUT2D eigenvalue weighted by Gasteiger charge is -2.30. The van der Waals surface area contributed by atoms with E-state index in [1.165, 1.54) is 12.8 Å². The summed E-state index contributed by atoms with van der Waals surface area (Å²) in [5.74, 6) is 1.97. The third-order valence-electron chi connectivity index (χ3n) is 4.58. The number of ketones is 1. The minimum Gasteiger partial charge on any atom is -0.342 e. The van der Waals surface area contributed by atoms with Gasteiger partial charge < -0.3 is 9.88 Å². The Morgan fingerprint density at radius 2 is 2.32 bits per heavy atom. The van der Waals surface area contributed by atoms with E-state index in [-0.39, 0.29) is 5.78 Å². The number of fused-ring (bicyclic) bond motifs is 1. The Bertz CT molecular complexity index is 661. The smallest absolute Gasteiger partial charge is 0.164 e. The van der Waals surface area contributed by atoms with Crippen molar-refractivity contribution in [2.75, 3.05) is 19.6 Å². The maximum Gasteiger partial charge on any atom is 0.164 e. The predicted molar refractivity (Wildman–Crippen MR) is 89.3 cm³/mol. The highest BCUT2D eigenvalue weighted by molar-refractivity contribution is 5.99. The Balaban J connectivity index is 1.64. The average Bonchev–Trinajstić information content (AvgIpc) is 2.95. The molecule has 1 aliphatic heterocycles. The molecule has 0 spiro atoms. The normalized spacial score (nSPS) is 19.6. The van der Waals surface area contributed by atoms with E-state index >= 15 is 0 Å². The van der Waals surface area contributed by atoms with Crippen molar-refractivity contribution in [1.29, 1.82) is 0 Å². The SMILES string of the molecule is CCc1nc2ccc(C(=O)CCN3CCCC(C)C3)cc2[nH]1. The third-order valence-corrected chi connectivity index (χ3v) is 4.58. The van der Waals surface area contributed by atoms with Gasteiger partial charge in [-0.25, -0.2) is 4.98 Å². The molecule has 2 heterocycles. The van der Waals surface area contributed by atoms with E-state index in [4.69, 9.17) is 0 Å². The van der Waals surface area contributed by atoms with Crippen LogP contribution in [0.15, 0.2) is 18.2 Å². The summed E-state index contributed by atoms with van der Waals surface area (Å²) in [5, 5.41) is 0. The Kier molecular flexibility index (Phi) is 4.57. The monoisotopic (exact) mass is 299 g/mol. The first kappa shape index (κ1) is 15.2. The summed E-state index contributed by atoms with van der Waals surface area (Å²) in [7, 11) is 0. The molecule has 0 bridgehead atoms. The fraction of sp³-hybridized carbons (Fsp3) is 0.556. The van der Waals surface area contributed by atoms with Crippen molar-refractivity contribution in [3.8, 4) is 0 Å². The number of carbonyl (C=O) groups excluding carboxylic acids is 1. The Hall–Kier alpha value is -1.68. The number of aryl methyl sites for hydroxylation is 1. The maximum absolute atomic E-state index is 12.4. The lowest BCUT2D eigenvalue weighted by atomic mass is 9.99. The van der Waals surface area contributed by atoms with Crippen molar-refractivity contribution >= 4 is 16.8 Å². The van der Waals surface area contributed by atoms with Gasteiger partial charge in [0.1, 0.15) is 5.82 Å². The number of nitrogens with zero attached hydrogens (tertiary/aromatic N) is 2. The van der Waals surface area contributed by atoms with Gasteiger partial charge in [0.15, 0.2) is 5.78 Å². The largest absolute Gasteiger partial charge is 0.342 e. The first-order valence-electron chi connectivity index (χ1n) is 8.40. The first-order chi connectivity index (χ1) is 10.7. The molecule has 1 aliphatic rings. The Morgan fingerprint density at radius 3 is 3.09 bits per heavy atom. The van der Waals surface area contributed by atoms with Crippen LogP contribution in [0.25, 0.3) is 11.0 Å². The van der Waals surface area contributed by atoms with Crippen LogP contribution in [0.5, 0.6) is 0 Å². The second kappa shape index (κ2) is 6.61. The summed E-state index contributed by atoms with van der Waals surface area (Å²) in [6.07, 6.45) is 4.06. The number of benzene rings is 1. The van der Waals surface area contributed by atoms with Gasteiger partial charge in [-0.1, -0.05) is 13.8 Å². The zero-order valence-corrected chi connectivity index (χ0v) is 13.6. The number of carbonyl (C=O) groups is 1. The molecule has 0 radical (unpaired) electrons. The van der Waals surface area contributed by atoms with Crippen LogP contribution in [-0.2, 0) is 6.42 Å². The van der Waals surface area contributed by atoms with Crippen molar-refractivity contribution < 1.29 is 4.79 Å². The molecule has 1 aromatic carbocycles. The molecule has 0 saturated carbocycles. The highest BCUT2D eigenvalue weighted by atomic mass is 16.1. The minimum atomic E-state index is 0.229. The van der Waals surface area contributed by atoms with Crippen LogP contribution in [-0.4, -0.2) is 40.3 Å². The van der Waals surface area contributed by atoms with Gasteiger partial charge in [0, 0.05) is 31.5 Å². The number of aromatic amines is 1. The van der Waals surface area contributed by atoms with Gasteiger partial charge in [0.05, 0.1) is 11.0 Å². The number of rotatable bonds is 5. The lowest BCUT2D eigenvalue weighted by molar-refractivity contribution is 0.0949. The van der Waals surface area contributed by atoms with Crippen molar-refractivity contribution in [1.82, 2.24) is 14.9 Å². The fourth-order valence-electron chi connectivity index (χ4n) is 3.30. The number of hydrogen-bond donors (Lipinski definition) is 1. The van der Waals surface area contributed by atoms with Crippen molar-refractivity contribution in [3.05, 3.63) is 29.6 Å². The Labute approximate surface area is 131 Å². The molecule has 0 amide bonds. The molecule has 1 N–H and O–H groups in total. The van der Waals surface area contributed by atoms with E-state index in [1.54, 1.807) is 0 Å². The molecular formula is C18H25N3O. The van der Waals surface area contributed by atoms with Gasteiger partial charge in [0.2, 0.25) is 0 Å². The molecule has 22 heavy (non-hydrogen) atoms. The molecular weight excluding hydrogens is 274 g/mol. The van der Waals surface area contributed by atoms with Crippen LogP contribution in [0.3, 0.4) is 0 Å². The number of Topliss-reactive ketones (excluding diaryl/α,β-unsaturated/α-hetero) is 1. The van der Waals surface area contributed by atoms with E-state index in [0.29, 0.717) is 6.42 Å². The quantitative estimate of drug-likeness (QED) is 0.861.